The minimum Gasteiger partial charge on any atom is -0.386 e. The molecule has 82 valence electrons. The van der Waals surface area contributed by atoms with Crippen LogP contribution in [0.4, 0.5) is 28.9 Å². The number of aliphatic imine (C=N–C) groups is 1. The normalized spacial score (nSPS) is 11.3. The average Bonchev–Trinajstić information content (AvgIpc) is 2.15. The number of alkyl halides is 3. The van der Waals surface area contributed by atoms with Crippen molar-refractivity contribution >= 4 is 18.1 Å². The van der Waals surface area contributed by atoms with Gasteiger partial charge >= 0.3 is 6.18 Å². The summed E-state index contributed by atoms with van der Waals surface area (Å²) in [5.74, 6) is -1.36. The summed E-state index contributed by atoms with van der Waals surface area (Å²) in [7, 11) is 1.42. The van der Waals surface area contributed by atoms with Crippen LogP contribution in [0, 0.1) is 5.82 Å². The highest BCUT2D eigenvalue weighted by Crippen LogP contribution is 2.36. The molecule has 0 aliphatic rings. The molecule has 0 saturated carbocycles. The van der Waals surface area contributed by atoms with Crippen LogP contribution in [0.25, 0.3) is 0 Å². The van der Waals surface area contributed by atoms with Crippen LogP contribution in [0.2, 0.25) is 0 Å². The zero-order valence-corrected chi connectivity index (χ0v) is 7.82. The second kappa shape index (κ2) is 3.88. The van der Waals surface area contributed by atoms with Crippen LogP contribution >= 0.6 is 0 Å². The van der Waals surface area contributed by atoms with E-state index in [2.05, 4.69) is 17.0 Å². The van der Waals surface area contributed by atoms with Crippen LogP contribution in [0.3, 0.4) is 0 Å². The third kappa shape index (κ3) is 2.26. The van der Waals surface area contributed by atoms with Gasteiger partial charge in [0.05, 0.1) is 16.9 Å². The van der Waals surface area contributed by atoms with E-state index in [1.807, 2.05) is 0 Å². The molecule has 15 heavy (non-hydrogen) atoms. The van der Waals surface area contributed by atoms with Crippen LogP contribution in [0.1, 0.15) is 5.56 Å². The fourth-order valence-corrected chi connectivity index (χ4v) is 1.11. The number of anilines is 1. The maximum Gasteiger partial charge on any atom is 0.419 e. The van der Waals surface area contributed by atoms with Gasteiger partial charge in [-0.2, -0.15) is 13.2 Å². The van der Waals surface area contributed by atoms with E-state index in [1.165, 1.54) is 7.05 Å². The Labute approximate surface area is 83.6 Å². The molecule has 0 radical (unpaired) electrons. The molecule has 0 saturated heterocycles. The van der Waals surface area contributed by atoms with Gasteiger partial charge in [0.2, 0.25) is 0 Å². The lowest BCUT2D eigenvalue weighted by Crippen LogP contribution is -2.08. The van der Waals surface area contributed by atoms with E-state index >= 15 is 0 Å². The maximum absolute atomic E-state index is 13.0. The molecule has 0 unspecified atom stereocenters. The lowest BCUT2D eigenvalue weighted by atomic mass is 10.1. The van der Waals surface area contributed by atoms with Crippen LogP contribution in [-0.2, 0) is 6.18 Å². The molecule has 0 atom stereocenters. The SMILES string of the molecule is C=Nc1cc(F)c(C(F)(F)F)cc1NC. The maximum atomic E-state index is 13.0. The summed E-state index contributed by atoms with van der Waals surface area (Å²) in [5.41, 5.74) is -1.19. The first kappa shape index (κ1) is 11.5. The van der Waals surface area contributed by atoms with E-state index in [0.29, 0.717) is 12.1 Å². The number of hydrogen-bond acceptors (Lipinski definition) is 2. The van der Waals surface area contributed by atoms with Gasteiger partial charge in [0.1, 0.15) is 5.82 Å². The van der Waals surface area contributed by atoms with E-state index in [0.717, 1.165) is 0 Å². The van der Waals surface area contributed by atoms with Crippen molar-refractivity contribution in [2.75, 3.05) is 12.4 Å². The highest BCUT2D eigenvalue weighted by molar-refractivity contribution is 5.68. The molecule has 1 aromatic rings. The van der Waals surface area contributed by atoms with Crippen LogP contribution in [-0.4, -0.2) is 13.8 Å². The molecule has 0 aromatic heterocycles. The van der Waals surface area contributed by atoms with Crippen molar-refractivity contribution in [1.29, 1.82) is 0 Å². The third-order valence-electron chi connectivity index (χ3n) is 1.83. The summed E-state index contributed by atoms with van der Waals surface area (Å²) >= 11 is 0. The molecular formula is C9H8F4N2. The lowest BCUT2D eigenvalue weighted by Gasteiger charge is -2.11. The monoisotopic (exact) mass is 220 g/mol. The summed E-state index contributed by atoms with van der Waals surface area (Å²) in [6, 6.07) is 1.36. The van der Waals surface area contributed by atoms with Crippen molar-refractivity contribution in [3.05, 3.63) is 23.5 Å². The molecule has 0 bridgehead atoms. The molecular weight excluding hydrogens is 212 g/mol. The summed E-state index contributed by atoms with van der Waals surface area (Å²) in [4.78, 5) is 3.41. The first-order valence-corrected chi connectivity index (χ1v) is 3.95. The molecule has 0 aliphatic carbocycles. The van der Waals surface area contributed by atoms with Gasteiger partial charge < -0.3 is 5.32 Å². The molecule has 6 heteroatoms. The Morgan fingerprint density at radius 2 is 1.93 bits per heavy atom. The smallest absolute Gasteiger partial charge is 0.386 e. The third-order valence-corrected chi connectivity index (χ3v) is 1.83. The Kier molecular flexibility index (Phi) is 2.97. The van der Waals surface area contributed by atoms with Gasteiger partial charge in [0.25, 0.3) is 0 Å². The van der Waals surface area contributed by atoms with Gasteiger partial charge in [-0.05, 0) is 12.8 Å². The van der Waals surface area contributed by atoms with E-state index in [9.17, 15) is 17.6 Å². The molecule has 1 rings (SSSR count). The minimum atomic E-state index is -4.71. The van der Waals surface area contributed by atoms with Gasteiger partial charge in [-0.3, -0.25) is 4.99 Å². The highest BCUT2D eigenvalue weighted by atomic mass is 19.4. The molecule has 0 spiro atoms. The zero-order chi connectivity index (χ0) is 11.6. The number of nitrogens with zero attached hydrogens (tertiary/aromatic N) is 1. The van der Waals surface area contributed by atoms with Crippen LogP contribution < -0.4 is 5.32 Å². The summed E-state index contributed by atoms with van der Waals surface area (Å²) in [5, 5.41) is 2.49. The van der Waals surface area contributed by atoms with Gasteiger partial charge in [-0.15, -0.1) is 0 Å². The second-order valence-electron chi connectivity index (χ2n) is 2.76. The Bertz CT molecular complexity index is 384. The van der Waals surface area contributed by atoms with E-state index in [-0.39, 0.29) is 11.4 Å². The first-order valence-electron chi connectivity index (χ1n) is 3.95. The average molecular weight is 220 g/mol. The Balaban J connectivity index is 3.39. The zero-order valence-electron chi connectivity index (χ0n) is 7.82. The van der Waals surface area contributed by atoms with Gasteiger partial charge in [-0.1, -0.05) is 0 Å². The molecule has 0 fully saturated rings. The van der Waals surface area contributed by atoms with Crippen molar-refractivity contribution in [3.63, 3.8) is 0 Å². The van der Waals surface area contributed by atoms with Gasteiger partial charge in [0, 0.05) is 13.1 Å². The Morgan fingerprint density at radius 1 is 1.33 bits per heavy atom. The lowest BCUT2D eigenvalue weighted by molar-refractivity contribution is -0.139. The number of rotatable bonds is 2. The topological polar surface area (TPSA) is 24.4 Å². The molecule has 0 aliphatic heterocycles. The first-order chi connectivity index (χ1) is 6.90. The molecule has 0 heterocycles. The minimum absolute atomic E-state index is 0.0444. The van der Waals surface area contributed by atoms with Gasteiger partial charge in [0.15, 0.2) is 0 Å². The van der Waals surface area contributed by atoms with Crippen molar-refractivity contribution < 1.29 is 17.6 Å². The van der Waals surface area contributed by atoms with Crippen molar-refractivity contribution in [2.45, 2.75) is 6.18 Å². The number of hydrogen-bond donors (Lipinski definition) is 1. The number of nitrogens with one attached hydrogen (secondary N) is 1. The molecule has 1 aromatic carbocycles. The highest BCUT2D eigenvalue weighted by Gasteiger charge is 2.34. The predicted octanol–water partition coefficient (Wildman–Crippen LogP) is 3.22. The summed E-state index contributed by atoms with van der Waals surface area (Å²) in [6.07, 6.45) is -4.71. The Hall–Kier alpha value is -1.59. The van der Waals surface area contributed by atoms with Crippen molar-refractivity contribution in [2.24, 2.45) is 4.99 Å². The number of halogens is 4. The fourth-order valence-electron chi connectivity index (χ4n) is 1.11. The van der Waals surface area contributed by atoms with Crippen molar-refractivity contribution in [3.8, 4) is 0 Å². The molecule has 0 amide bonds. The Morgan fingerprint density at radius 3 is 2.33 bits per heavy atom. The standard InChI is InChI=1S/C9H8F4N2/c1-14-7-3-5(9(11,12)13)6(10)4-8(7)15-2/h3-4,14H,2H2,1H3. The fraction of sp³-hybridized carbons (Fsp3) is 0.222. The molecule has 1 N–H and O–H groups in total. The van der Waals surface area contributed by atoms with Crippen LogP contribution in [0.5, 0.6) is 0 Å². The summed E-state index contributed by atoms with van der Waals surface area (Å²) < 4.78 is 49.9. The summed E-state index contributed by atoms with van der Waals surface area (Å²) in [6.45, 7) is 3.13. The largest absolute Gasteiger partial charge is 0.419 e. The van der Waals surface area contributed by atoms with E-state index in [1.54, 1.807) is 0 Å². The van der Waals surface area contributed by atoms with E-state index in [4.69, 9.17) is 0 Å². The number of benzene rings is 1. The predicted molar refractivity (Wildman–Crippen MR) is 50.2 cm³/mol. The van der Waals surface area contributed by atoms with Crippen molar-refractivity contribution in [1.82, 2.24) is 0 Å². The van der Waals surface area contributed by atoms with E-state index < -0.39 is 17.6 Å². The second-order valence-corrected chi connectivity index (χ2v) is 2.76. The quantitative estimate of drug-likeness (QED) is 0.600. The molecule has 2 nitrogen and oxygen atoms in total. The van der Waals surface area contributed by atoms with Crippen LogP contribution in [0.15, 0.2) is 17.1 Å². The van der Waals surface area contributed by atoms with Gasteiger partial charge in [-0.25, -0.2) is 4.39 Å².